The van der Waals surface area contributed by atoms with Crippen LogP contribution in [0.5, 0.6) is 0 Å². The summed E-state index contributed by atoms with van der Waals surface area (Å²) < 4.78 is 0. The monoisotopic (exact) mass is 372 g/mol. The zero-order valence-corrected chi connectivity index (χ0v) is 19.3. The summed E-state index contributed by atoms with van der Waals surface area (Å²) in [4.78, 5) is 23.1. The van der Waals surface area contributed by atoms with Gasteiger partial charge in [0.15, 0.2) is 0 Å². The molecule has 0 aliphatic carbocycles. The van der Waals surface area contributed by atoms with Gasteiger partial charge in [-0.15, -0.1) is 0 Å². The van der Waals surface area contributed by atoms with Crippen molar-refractivity contribution in [1.82, 2.24) is 0 Å². The summed E-state index contributed by atoms with van der Waals surface area (Å²) in [5.74, 6) is -2.31. The molecule has 0 aliphatic rings. The maximum atomic E-state index is 11.6. The first-order valence-electron chi connectivity index (χ1n) is 7.84. The predicted molar refractivity (Wildman–Crippen MR) is 94.0 cm³/mol. The van der Waals surface area contributed by atoms with Crippen molar-refractivity contribution in [3.8, 4) is 0 Å². The molecule has 2 aromatic rings. The third-order valence-corrected chi connectivity index (χ3v) is 3.89. The molecule has 0 atom stereocenters. The number of hydrogen-bond acceptors (Lipinski definition) is 2. The van der Waals surface area contributed by atoms with Gasteiger partial charge in [-0.3, -0.25) is 0 Å². The van der Waals surface area contributed by atoms with E-state index in [0.29, 0.717) is 12.8 Å². The number of rotatable bonds is 8. The van der Waals surface area contributed by atoms with Crippen molar-refractivity contribution < 1.29 is 81.8 Å². The molecule has 4 nitrogen and oxygen atoms in total. The van der Waals surface area contributed by atoms with Gasteiger partial charge in [0.1, 0.15) is 0 Å². The maximum absolute atomic E-state index is 11.6. The molecular formula is C20H22Na2O4. The number of hydrogen-bond donors (Lipinski definition) is 2. The van der Waals surface area contributed by atoms with Crippen molar-refractivity contribution in [2.24, 2.45) is 0 Å². The van der Waals surface area contributed by atoms with Crippen LogP contribution < -0.4 is 59.1 Å². The van der Waals surface area contributed by atoms with Crippen LogP contribution in [0.2, 0.25) is 0 Å². The Balaban J connectivity index is -0.00000156. The minimum atomic E-state index is -1.16. The molecule has 0 saturated heterocycles. The fourth-order valence-electron chi connectivity index (χ4n) is 2.60. The number of benzene rings is 2. The van der Waals surface area contributed by atoms with Gasteiger partial charge in [-0.05, 0) is 36.8 Å². The molecule has 2 rings (SSSR count). The smallest absolute Gasteiger partial charge is 1.00 e. The molecule has 2 N–H and O–H groups in total. The van der Waals surface area contributed by atoms with Gasteiger partial charge in [0.2, 0.25) is 0 Å². The van der Waals surface area contributed by atoms with Crippen molar-refractivity contribution in [2.45, 2.75) is 25.7 Å². The molecule has 2 aromatic carbocycles. The van der Waals surface area contributed by atoms with Gasteiger partial charge in [-0.25, -0.2) is 9.59 Å². The maximum Gasteiger partial charge on any atom is 1.00 e. The summed E-state index contributed by atoms with van der Waals surface area (Å²) in [7, 11) is 0. The normalized spacial score (nSPS) is 10.8. The van der Waals surface area contributed by atoms with E-state index < -0.39 is 11.9 Å². The quantitative estimate of drug-likeness (QED) is 0.413. The molecule has 0 heterocycles. The number of aliphatic carboxylic acids is 2. The Labute approximate surface area is 200 Å². The van der Waals surface area contributed by atoms with Gasteiger partial charge in [0.25, 0.3) is 0 Å². The average molecular weight is 372 g/mol. The molecule has 0 spiro atoms. The van der Waals surface area contributed by atoms with E-state index in [0.717, 1.165) is 11.1 Å². The van der Waals surface area contributed by atoms with Gasteiger partial charge >= 0.3 is 71.1 Å². The minimum Gasteiger partial charge on any atom is -1.00 e. The zero-order valence-electron chi connectivity index (χ0n) is 17.3. The van der Waals surface area contributed by atoms with Crippen LogP contribution in [0.15, 0.2) is 71.8 Å². The first-order chi connectivity index (χ1) is 11.6. The number of carboxylic acids is 2. The molecule has 0 bridgehead atoms. The van der Waals surface area contributed by atoms with Crippen molar-refractivity contribution >= 4 is 11.9 Å². The van der Waals surface area contributed by atoms with Gasteiger partial charge < -0.3 is 13.1 Å². The van der Waals surface area contributed by atoms with Crippen molar-refractivity contribution in [3.63, 3.8) is 0 Å². The summed E-state index contributed by atoms with van der Waals surface area (Å²) in [6, 6.07) is 18.9. The fraction of sp³-hybridized carbons (Fsp3) is 0.200. The number of carbonyl (C=O) groups is 2. The van der Waals surface area contributed by atoms with Gasteiger partial charge in [-0.2, -0.15) is 0 Å². The second kappa shape index (κ2) is 13.3. The van der Waals surface area contributed by atoms with Gasteiger partial charge in [0, 0.05) is 11.1 Å². The molecular weight excluding hydrogens is 350 g/mol. The first kappa shape index (κ1) is 25.1. The van der Waals surface area contributed by atoms with E-state index in [1.165, 1.54) is 0 Å². The SMILES string of the molecule is O=C(O)/C(CCc1ccccc1)=C(/CCc1ccccc1)C(=O)O.[H-].[H-].[Na+].[Na+]. The summed E-state index contributed by atoms with van der Waals surface area (Å²) in [6.45, 7) is 0. The Hall–Kier alpha value is -0.880. The molecule has 0 radical (unpaired) electrons. The molecule has 0 aromatic heterocycles. The van der Waals surface area contributed by atoms with Crippen LogP contribution in [0, 0.1) is 0 Å². The van der Waals surface area contributed by atoms with E-state index in [1.54, 1.807) is 0 Å². The largest absolute Gasteiger partial charge is 1.00 e. The van der Waals surface area contributed by atoms with Crippen LogP contribution in [0.1, 0.15) is 26.8 Å². The van der Waals surface area contributed by atoms with Crippen molar-refractivity contribution in [1.29, 1.82) is 0 Å². The number of carboxylic acid groups (broad SMARTS) is 2. The van der Waals surface area contributed by atoms with Gasteiger partial charge in [0.05, 0.1) is 0 Å². The molecule has 0 aliphatic heterocycles. The van der Waals surface area contributed by atoms with Crippen LogP contribution in [0.3, 0.4) is 0 Å². The van der Waals surface area contributed by atoms with Crippen LogP contribution >= 0.6 is 0 Å². The Morgan fingerprint density at radius 1 is 0.654 bits per heavy atom. The van der Waals surface area contributed by atoms with Crippen molar-refractivity contribution in [2.75, 3.05) is 0 Å². The molecule has 6 heteroatoms. The number of aryl methyl sites for hydroxylation is 2. The third-order valence-electron chi connectivity index (χ3n) is 3.89. The van der Waals surface area contributed by atoms with Crippen LogP contribution in [0.4, 0.5) is 0 Å². The molecule has 0 unspecified atom stereocenters. The summed E-state index contributed by atoms with van der Waals surface area (Å²) in [5.41, 5.74) is 1.96. The third kappa shape index (κ3) is 8.21. The van der Waals surface area contributed by atoms with E-state index in [-0.39, 0.29) is 86.0 Å². The minimum absolute atomic E-state index is 0. The van der Waals surface area contributed by atoms with Crippen molar-refractivity contribution in [3.05, 3.63) is 82.9 Å². The Morgan fingerprint density at radius 3 is 1.23 bits per heavy atom. The molecule has 0 saturated carbocycles. The van der Waals surface area contributed by atoms with E-state index in [2.05, 4.69) is 0 Å². The van der Waals surface area contributed by atoms with E-state index in [9.17, 15) is 19.8 Å². The summed E-state index contributed by atoms with van der Waals surface area (Å²) in [5, 5.41) is 18.9. The van der Waals surface area contributed by atoms with Crippen LogP contribution in [0.25, 0.3) is 0 Å². The molecule has 0 amide bonds. The molecule has 128 valence electrons. The van der Waals surface area contributed by atoms with E-state index in [4.69, 9.17) is 0 Å². The first-order valence-corrected chi connectivity index (χ1v) is 7.84. The topological polar surface area (TPSA) is 74.6 Å². The zero-order chi connectivity index (χ0) is 17.4. The van der Waals surface area contributed by atoms with Crippen LogP contribution in [-0.4, -0.2) is 22.2 Å². The van der Waals surface area contributed by atoms with Crippen LogP contribution in [-0.2, 0) is 22.4 Å². The second-order valence-electron chi connectivity index (χ2n) is 5.54. The van der Waals surface area contributed by atoms with E-state index in [1.807, 2.05) is 60.7 Å². The molecule has 0 fully saturated rings. The summed E-state index contributed by atoms with van der Waals surface area (Å²) in [6.07, 6.45) is 1.42. The molecule has 26 heavy (non-hydrogen) atoms. The Morgan fingerprint density at radius 2 is 0.962 bits per heavy atom. The van der Waals surface area contributed by atoms with E-state index >= 15 is 0 Å². The average Bonchev–Trinajstić information content (AvgIpc) is 2.59. The summed E-state index contributed by atoms with van der Waals surface area (Å²) >= 11 is 0. The standard InChI is InChI=1S/C20H20O4.2Na.2H/c21-19(22)17(13-11-15-7-3-1-4-8-15)18(20(23)24)14-12-16-9-5-2-6-10-16;;;;/h1-10H,11-14H2,(H,21,22)(H,23,24);;;;/q;2*+1;2*-1/b18-17-;;;;. The predicted octanol–water partition coefficient (Wildman–Crippen LogP) is -2.05. The van der Waals surface area contributed by atoms with Gasteiger partial charge in [-0.1, -0.05) is 60.7 Å². The Kier molecular flexibility index (Phi) is 12.9. The fourth-order valence-corrected chi connectivity index (χ4v) is 2.60. The Bertz CT molecular complexity index is 675. The second-order valence-corrected chi connectivity index (χ2v) is 5.54.